The van der Waals surface area contributed by atoms with Crippen LogP contribution in [-0.4, -0.2) is 26.3 Å². The monoisotopic (exact) mass is 417 g/mol. The van der Waals surface area contributed by atoms with Gasteiger partial charge in [0.25, 0.3) is 0 Å². The van der Waals surface area contributed by atoms with Crippen LogP contribution >= 0.6 is 27.5 Å². The number of benzene rings is 1. The first-order valence-electron chi connectivity index (χ1n) is 8.64. The molecular formula is C18H17BrClN5. The zero-order valence-electron chi connectivity index (χ0n) is 13.5. The van der Waals surface area contributed by atoms with Crippen molar-refractivity contribution < 1.29 is 0 Å². The Kier molecular flexibility index (Phi) is 3.71. The highest BCUT2D eigenvalue weighted by Crippen LogP contribution is 2.40. The molecule has 1 saturated carbocycles. The van der Waals surface area contributed by atoms with Gasteiger partial charge in [-0.3, -0.25) is 4.68 Å². The van der Waals surface area contributed by atoms with Crippen LogP contribution in [0.3, 0.4) is 0 Å². The highest BCUT2D eigenvalue weighted by molar-refractivity contribution is 9.10. The zero-order valence-corrected chi connectivity index (χ0v) is 15.9. The van der Waals surface area contributed by atoms with Crippen LogP contribution in [0, 0.1) is 0 Å². The number of anilines is 1. The van der Waals surface area contributed by atoms with Crippen LogP contribution < -0.4 is 5.32 Å². The van der Waals surface area contributed by atoms with Gasteiger partial charge in [-0.2, -0.15) is 10.1 Å². The molecule has 1 N–H and O–H groups in total. The average molecular weight is 419 g/mol. The highest BCUT2D eigenvalue weighted by atomic mass is 79.9. The van der Waals surface area contributed by atoms with E-state index >= 15 is 0 Å². The van der Waals surface area contributed by atoms with E-state index in [9.17, 15) is 0 Å². The molecule has 1 aliphatic heterocycles. The van der Waals surface area contributed by atoms with Crippen LogP contribution in [0.4, 0.5) is 5.69 Å². The topological polar surface area (TPSA) is 55.6 Å². The Balaban J connectivity index is 1.65. The summed E-state index contributed by atoms with van der Waals surface area (Å²) in [5, 5.41) is 9.46. The minimum Gasteiger partial charge on any atom is -0.384 e. The molecule has 0 amide bonds. The van der Waals surface area contributed by atoms with E-state index in [0.29, 0.717) is 11.7 Å². The predicted octanol–water partition coefficient (Wildman–Crippen LogP) is 4.91. The van der Waals surface area contributed by atoms with E-state index in [0.717, 1.165) is 27.8 Å². The molecule has 7 heteroatoms. The summed E-state index contributed by atoms with van der Waals surface area (Å²) in [7, 11) is 0. The van der Waals surface area contributed by atoms with Gasteiger partial charge >= 0.3 is 0 Å². The molecule has 25 heavy (non-hydrogen) atoms. The standard InChI is InChI=1S/C18H17BrClN5/c19-10-5-6-15-12(7-10)13(8-21-15)16-14-9-25(11-3-1-2-4-11)24-17(14)23-18(20)22-16/h5-7,9,11,13,21H,1-4,8H2. The summed E-state index contributed by atoms with van der Waals surface area (Å²) in [6.07, 6.45) is 7.03. The van der Waals surface area contributed by atoms with Crippen LogP contribution in [0.5, 0.6) is 0 Å². The molecule has 2 aromatic heterocycles. The molecule has 128 valence electrons. The lowest BCUT2D eigenvalue weighted by Gasteiger charge is -2.11. The molecule has 3 heterocycles. The molecule has 5 rings (SSSR count). The Labute approximate surface area is 158 Å². The molecule has 5 nitrogen and oxygen atoms in total. The number of nitrogens with one attached hydrogen (secondary N) is 1. The number of nitrogens with zero attached hydrogens (tertiary/aromatic N) is 4. The van der Waals surface area contributed by atoms with Crippen molar-refractivity contribution in [1.29, 1.82) is 0 Å². The maximum Gasteiger partial charge on any atom is 0.224 e. The van der Waals surface area contributed by atoms with Gasteiger partial charge in [0.2, 0.25) is 5.28 Å². The van der Waals surface area contributed by atoms with Gasteiger partial charge in [-0.05, 0) is 48.2 Å². The molecule has 1 atom stereocenters. The lowest BCUT2D eigenvalue weighted by Crippen LogP contribution is -2.07. The Morgan fingerprint density at radius 2 is 2.04 bits per heavy atom. The van der Waals surface area contributed by atoms with E-state index < -0.39 is 0 Å². The van der Waals surface area contributed by atoms with Crippen molar-refractivity contribution in [2.75, 3.05) is 11.9 Å². The van der Waals surface area contributed by atoms with Gasteiger partial charge < -0.3 is 5.32 Å². The maximum absolute atomic E-state index is 6.23. The van der Waals surface area contributed by atoms with Crippen molar-refractivity contribution in [3.05, 3.63) is 45.4 Å². The van der Waals surface area contributed by atoms with Crippen LogP contribution in [0.25, 0.3) is 11.0 Å². The first kappa shape index (κ1) is 15.6. The molecular weight excluding hydrogens is 402 g/mol. The Morgan fingerprint density at radius 3 is 2.88 bits per heavy atom. The third kappa shape index (κ3) is 2.62. The molecule has 1 unspecified atom stereocenters. The van der Waals surface area contributed by atoms with Crippen molar-refractivity contribution in [1.82, 2.24) is 19.7 Å². The van der Waals surface area contributed by atoms with Gasteiger partial charge in [0.1, 0.15) is 0 Å². The summed E-state index contributed by atoms with van der Waals surface area (Å²) in [5.41, 5.74) is 4.05. The number of hydrogen-bond acceptors (Lipinski definition) is 4. The van der Waals surface area contributed by atoms with Gasteiger partial charge in [-0.25, -0.2) is 4.98 Å². The fourth-order valence-corrected chi connectivity index (χ4v) is 4.64. The molecule has 2 aliphatic rings. The summed E-state index contributed by atoms with van der Waals surface area (Å²) in [5.74, 6) is 0.150. The van der Waals surface area contributed by atoms with Crippen molar-refractivity contribution in [2.45, 2.75) is 37.6 Å². The minimum absolute atomic E-state index is 0.150. The normalized spacial score (nSPS) is 20.2. The van der Waals surface area contributed by atoms with Crippen molar-refractivity contribution >= 4 is 44.3 Å². The number of hydrogen-bond donors (Lipinski definition) is 1. The smallest absolute Gasteiger partial charge is 0.224 e. The Hall–Kier alpha value is -1.66. The van der Waals surface area contributed by atoms with Crippen molar-refractivity contribution in [3.63, 3.8) is 0 Å². The average Bonchev–Trinajstić information content (AvgIpc) is 3.32. The fourth-order valence-electron chi connectivity index (χ4n) is 4.09. The summed E-state index contributed by atoms with van der Waals surface area (Å²) in [6, 6.07) is 6.78. The summed E-state index contributed by atoms with van der Waals surface area (Å²) < 4.78 is 3.15. The van der Waals surface area contributed by atoms with Crippen molar-refractivity contribution in [3.8, 4) is 0 Å². The van der Waals surface area contributed by atoms with Gasteiger partial charge in [-0.1, -0.05) is 28.8 Å². The molecule has 0 bridgehead atoms. The van der Waals surface area contributed by atoms with Gasteiger partial charge in [-0.15, -0.1) is 0 Å². The van der Waals surface area contributed by atoms with E-state index in [1.54, 1.807) is 0 Å². The van der Waals surface area contributed by atoms with Crippen LogP contribution in [0.1, 0.15) is 48.9 Å². The third-order valence-electron chi connectivity index (χ3n) is 5.31. The second kappa shape index (κ2) is 5.95. The number of halogens is 2. The van der Waals surface area contributed by atoms with E-state index in [1.165, 1.54) is 31.2 Å². The third-order valence-corrected chi connectivity index (χ3v) is 5.98. The van der Waals surface area contributed by atoms with Crippen LogP contribution in [0.15, 0.2) is 28.9 Å². The van der Waals surface area contributed by atoms with Crippen LogP contribution in [0.2, 0.25) is 5.28 Å². The zero-order chi connectivity index (χ0) is 17.0. The predicted molar refractivity (Wildman–Crippen MR) is 102 cm³/mol. The summed E-state index contributed by atoms with van der Waals surface area (Å²) in [6.45, 7) is 0.808. The molecule has 1 aliphatic carbocycles. The molecule has 0 saturated heterocycles. The number of fused-ring (bicyclic) bond motifs is 2. The quantitative estimate of drug-likeness (QED) is 0.601. The maximum atomic E-state index is 6.23. The summed E-state index contributed by atoms with van der Waals surface area (Å²) >= 11 is 9.80. The SMILES string of the molecule is Clc1nc(C2CNc3ccc(Br)cc32)c2cn(C3CCCC3)nc2n1. The van der Waals surface area contributed by atoms with Crippen molar-refractivity contribution in [2.24, 2.45) is 0 Å². The lowest BCUT2D eigenvalue weighted by atomic mass is 9.96. The van der Waals surface area contributed by atoms with Gasteiger partial charge in [0, 0.05) is 28.8 Å². The Morgan fingerprint density at radius 1 is 1.20 bits per heavy atom. The van der Waals surface area contributed by atoms with Gasteiger partial charge in [0.05, 0.1) is 17.1 Å². The number of aromatic nitrogens is 4. The minimum atomic E-state index is 0.150. The molecule has 1 fully saturated rings. The second-order valence-electron chi connectivity index (χ2n) is 6.83. The highest BCUT2D eigenvalue weighted by Gasteiger charge is 2.29. The molecule has 1 aromatic carbocycles. The van der Waals surface area contributed by atoms with Gasteiger partial charge in [0.15, 0.2) is 5.65 Å². The molecule has 0 spiro atoms. The Bertz CT molecular complexity index is 963. The first-order valence-corrected chi connectivity index (χ1v) is 9.82. The largest absolute Gasteiger partial charge is 0.384 e. The second-order valence-corrected chi connectivity index (χ2v) is 8.08. The first-order chi connectivity index (χ1) is 12.2. The van der Waals surface area contributed by atoms with E-state index in [1.807, 2.05) is 0 Å². The molecule has 0 radical (unpaired) electrons. The van der Waals surface area contributed by atoms with E-state index in [-0.39, 0.29) is 11.2 Å². The lowest BCUT2D eigenvalue weighted by molar-refractivity contribution is 0.470. The number of rotatable bonds is 2. The fraction of sp³-hybridized carbons (Fsp3) is 0.389. The summed E-state index contributed by atoms with van der Waals surface area (Å²) in [4.78, 5) is 8.96. The van der Waals surface area contributed by atoms with Crippen LogP contribution in [-0.2, 0) is 0 Å². The molecule has 3 aromatic rings. The van der Waals surface area contributed by atoms with E-state index in [2.05, 4.69) is 60.3 Å². The van der Waals surface area contributed by atoms with E-state index in [4.69, 9.17) is 16.7 Å².